The Hall–Kier alpha value is -2.54. The van der Waals surface area contributed by atoms with E-state index in [9.17, 15) is 13.2 Å². The Kier molecular flexibility index (Phi) is 2.83. The van der Waals surface area contributed by atoms with Crippen molar-refractivity contribution in [3.63, 3.8) is 0 Å². The summed E-state index contributed by atoms with van der Waals surface area (Å²) in [6, 6.07) is 9.44. The number of aromatic amines is 1. The van der Waals surface area contributed by atoms with Gasteiger partial charge >= 0.3 is 0 Å². The van der Waals surface area contributed by atoms with Crippen LogP contribution < -0.4 is 5.56 Å². The molecule has 0 aliphatic heterocycles. The van der Waals surface area contributed by atoms with Gasteiger partial charge in [0.25, 0.3) is 5.56 Å². The first kappa shape index (κ1) is 12.5. The van der Waals surface area contributed by atoms with E-state index >= 15 is 0 Å². The molecule has 3 aromatic rings. The minimum Gasteiger partial charge on any atom is -0.266 e. The predicted octanol–water partition coefficient (Wildman–Crippen LogP) is 1.15. The largest absolute Gasteiger partial charge is 0.290 e. The van der Waals surface area contributed by atoms with Crippen LogP contribution in [0.15, 0.2) is 63.4 Å². The zero-order valence-electron chi connectivity index (χ0n) is 10.1. The lowest BCUT2D eigenvalue weighted by atomic mass is 10.3. The van der Waals surface area contributed by atoms with Gasteiger partial charge in [-0.05, 0) is 18.2 Å². The highest BCUT2D eigenvalue weighted by molar-refractivity contribution is 7.91. The third-order valence-corrected chi connectivity index (χ3v) is 4.58. The Bertz CT molecular complexity index is 934. The second-order valence-corrected chi connectivity index (χ2v) is 6.07. The molecular formula is C13H9N3O3S. The van der Waals surface area contributed by atoms with Crippen LogP contribution in [-0.4, -0.2) is 23.6 Å². The second kappa shape index (κ2) is 4.53. The molecule has 0 saturated heterocycles. The minimum atomic E-state index is -3.65. The quantitative estimate of drug-likeness (QED) is 0.763. The van der Waals surface area contributed by atoms with Gasteiger partial charge < -0.3 is 0 Å². The molecule has 2 heterocycles. The fourth-order valence-electron chi connectivity index (χ4n) is 1.85. The first-order valence-corrected chi connectivity index (χ1v) is 7.21. The number of fused-ring (bicyclic) bond motifs is 1. The molecule has 3 rings (SSSR count). The number of benzene rings is 1. The SMILES string of the molecule is O=c1[nH]ncc2cc(S(=O)(=O)c3ccccc3)cnc12. The summed E-state index contributed by atoms with van der Waals surface area (Å²) in [7, 11) is -3.65. The molecule has 0 fully saturated rings. The summed E-state index contributed by atoms with van der Waals surface area (Å²) < 4.78 is 24.8. The van der Waals surface area contributed by atoms with Gasteiger partial charge in [-0.3, -0.25) is 4.79 Å². The van der Waals surface area contributed by atoms with Gasteiger partial charge in [0.1, 0.15) is 5.52 Å². The molecule has 20 heavy (non-hydrogen) atoms. The summed E-state index contributed by atoms with van der Waals surface area (Å²) in [6.07, 6.45) is 2.55. The lowest BCUT2D eigenvalue weighted by molar-refractivity contribution is 0.596. The lowest BCUT2D eigenvalue weighted by Crippen LogP contribution is -2.10. The Balaban J connectivity index is 2.23. The molecule has 0 aliphatic rings. The second-order valence-electron chi connectivity index (χ2n) is 4.12. The molecule has 0 saturated carbocycles. The molecule has 0 atom stereocenters. The van der Waals surface area contributed by atoms with Gasteiger partial charge in [0.15, 0.2) is 0 Å². The van der Waals surface area contributed by atoms with Gasteiger partial charge in [-0.1, -0.05) is 18.2 Å². The van der Waals surface area contributed by atoms with Crippen molar-refractivity contribution in [1.82, 2.24) is 15.2 Å². The van der Waals surface area contributed by atoms with E-state index in [4.69, 9.17) is 0 Å². The number of H-pyrrole nitrogens is 1. The van der Waals surface area contributed by atoms with E-state index in [0.717, 1.165) is 0 Å². The summed E-state index contributed by atoms with van der Waals surface area (Å²) in [5, 5.41) is 6.26. The lowest BCUT2D eigenvalue weighted by Gasteiger charge is -2.04. The van der Waals surface area contributed by atoms with Crippen LogP contribution in [0.2, 0.25) is 0 Å². The Morgan fingerprint density at radius 2 is 1.75 bits per heavy atom. The predicted molar refractivity (Wildman–Crippen MR) is 72.1 cm³/mol. The zero-order valence-corrected chi connectivity index (χ0v) is 11.0. The molecule has 0 unspecified atom stereocenters. The molecule has 0 bridgehead atoms. The highest BCUT2D eigenvalue weighted by Gasteiger charge is 2.18. The first-order valence-electron chi connectivity index (χ1n) is 5.72. The monoisotopic (exact) mass is 287 g/mol. The van der Waals surface area contributed by atoms with Crippen molar-refractivity contribution in [3.05, 3.63) is 59.1 Å². The maximum atomic E-state index is 12.4. The molecule has 1 aromatic carbocycles. The van der Waals surface area contributed by atoms with Crippen molar-refractivity contribution >= 4 is 20.7 Å². The van der Waals surface area contributed by atoms with E-state index in [1.807, 2.05) is 0 Å². The van der Waals surface area contributed by atoms with E-state index in [2.05, 4.69) is 15.2 Å². The first-order chi connectivity index (χ1) is 9.59. The maximum absolute atomic E-state index is 12.4. The number of nitrogens with one attached hydrogen (secondary N) is 1. The van der Waals surface area contributed by atoms with Crippen LogP contribution in [-0.2, 0) is 9.84 Å². The highest BCUT2D eigenvalue weighted by Crippen LogP contribution is 2.21. The van der Waals surface area contributed by atoms with Crippen molar-refractivity contribution in [2.45, 2.75) is 9.79 Å². The van der Waals surface area contributed by atoms with Crippen LogP contribution in [0.25, 0.3) is 10.9 Å². The zero-order chi connectivity index (χ0) is 14.2. The summed E-state index contributed by atoms with van der Waals surface area (Å²) in [4.78, 5) is 15.6. The van der Waals surface area contributed by atoms with Gasteiger partial charge in [0.2, 0.25) is 9.84 Å². The number of pyridine rings is 1. The topological polar surface area (TPSA) is 92.8 Å². The van der Waals surface area contributed by atoms with Crippen LogP contribution in [0.4, 0.5) is 0 Å². The van der Waals surface area contributed by atoms with E-state index in [1.165, 1.54) is 30.6 Å². The molecule has 2 aromatic heterocycles. The van der Waals surface area contributed by atoms with Gasteiger partial charge in [-0.25, -0.2) is 18.5 Å². The van der Waals surface area contributed by atoms with E-state index < -0.39 is 15.4 Å². The summed E-state index contributed by atoms with van der Waals surface area (Å²) in [6.45, 7) is 0. The maximum Gasteiger partial charge on any atom is 0.290 e. The summed E-state index contributed by atoms with van der Waals surface area (Å²) in [5.74, 6) is 0. The van der Waals surface area contributed by atoms with Crippen molar-refractivity contribution in [2.24, 2.45) is 0 Å². The number of aromatic nitrogens is 3. The van der Waals surface area contributed by atoms with Gasteiger partial charge in [-0.15, -0.1) is 0 Å². The fraction of sp³-hybridized carbons (Fsp3) is 0. The van der Waals surface area contributed by atoms with E-state index in [1.54, 1.807) is 18.2 Å². The number of rotatable bonds is 2. The van der Waals surface area contributed by atoms with Crippen LogP contribution in [0, 0.1) is 0 Å². The Morgan fingerprint density at radius 3 is 2.50 bits per heavy atom. The molecule has 0 amide bonds. The molecule has 7 heteroatoms. The van der Waals surface area contributed by atoms with Crippen molar-refractivity contribution in [3.8, 4) is 0 Å². The number of nitrogens with zero attached hydrogens (tertiary/aromatic N) is 2. The molecule has 0 spiro atoms. The number of hydrogen-bond donors (Lipinski definition) is 1. The summed E-state index contributed by atoms with van der Waals surface area (Å²) in [5.41, 5.74) is -0.293. The molecule has 6 nitrogen and oxygen atoms in total. The smallest absolute Gasteiger partial charge is 0.266 e. The third kappa shape index (κ3) is 1.97. The minimum absolute atomic E-state index is 0.0311. The average Bonchev–Trinajstić information content (AvgIpc) is 2.48. The fourth-order valence-corrected chi connectivity index (χ4v) is 3.11. The van der Waals surface area contributed by atoms with E-state index in [-0.39, 0.29) is 15.3 Å². The molecule has 0 radical (unpaired) electrons. The van der Waals surface area contributed by atoms with Crippen LogP contribution in [0.5, 0.6) is 0 Å². The third-order valence-electron chi connectivity index (χ3n) is 2.84. The average molecular weight is 287 g/mol. The van der Waals surface area contributed by atoms with E-state index in [0.29, 0.717) is 5.39 Å². The summed E-state index contributed by atoms with van der Waals surface area (Å²) >= 11 is 0. The normalized spacial score (nSPS) is 11.6. The molecular weight excluding hydrogens is 278 g/mol. The van der Waals surface area contributed by atoms with Gasteiger partial charge in [-0.2, -0.15) is 5.10 Å². The standard InChI is InChI=1S/C13H9N3O3S/c17-13-12-9(7-15-16-13)6-11(8-14-12)20(18,19)10-4-2-1-3-5-10/h1-8H,(H,16,17). The van der Waals surface area contributed by atoms with Crippen molar-refractivity contribution < 1.29 is 8.42 Å². The van der Waals surface area contributed by atoms with Crippen LogP contribution in [0.1, 0.15) is 0 Å². The van der Waals surface area contributed by atoms with Gasteiger partial charge in [0, 0.05) is 11.6 Å². The Morgan fingerprint density at radius 1 is 1.00 bits per heavy atom. The van der Waals surface area contributed by atoms with Crippen molar-refractivity contribution in [2.75, 3.05) is 0 Å². The van der Waals surface area contributed by atoms with Crippen LogP contribution >= 0.6 is 0 Å². The number of hydrogen-bond acceptors (Lipinski definition) is 5. The molecule has 0 aliphatic carbocycles. The molecule has 1 N–H and O–H groups in total. The van der Waals surface area contributed by atoms with Crippen molar-refractivity contribution in [1.29, 1.82) is 0 Å². The number of sulfone groups is 1. The molecule has 100 valence electrons. The Labute approximate surface area is 114 Å². The van der Waals surface area contributed by atoms with Crippen LogP contribution in [0.3, 0.4) is 0 Å². The highest BCUT2D eigenvalue weighted by atomic mass is 32.2. The van der Waals surface area contributed by atoms with Gasteiger partial charge in [0.05, 0.1) is 16.0 Å².